The molecule has 208 valence electrons. The summed E-state index contributed by atoms with van der Waals surface area (Å²) in [6, 6.07) is -0.533. The molecule has 0 radical (unpaired) electrons. The molecule has 0 aromatic heterocycles. The Balaban J connectivity index is 3.62. The van der Waals surface area contributed by atoms with E-state index in [9.17, 15) is 15.0 Å². The number of hydrogen-bond acceptors (Lipinski definition) is 3. The lowest BCUT2D eigenvalue weighted by Gasteiger charge is -2.22. The SMILES string of the molecule is CCCCCC/C=C\CCCCCCCC(=O)NC(CO)C(O)CCCCCCCCCCCC. The van der Waals surface area contributed by atoms with Gasteiger partial charge in [0.1, 0.15) is 0 Å². The van der Waals surface area contributed by atoms with E-state index in [4.69, 9.17) is 0 Å². The molecule has 0 aromatic rings. The summed E-state index contributed by atoms with van der Waals surface area (Å²) in [7, 11) is 0. The maximum atomic E-state index is 12.2. The minimum atomic E-state index is -0.655. The number of amides is 1. The molecule has 1 amide bonds. The quantitative estimate of drug-likeness (QED) is 0.0791. The fourth-order valence-electron chi connectivity index (χ4n) is 4.59. The van der Waals surface area contributed by atoms with Crippen molar-refractivity contribution in [2.45, 2.75) is 174 Å². The summed E-state index contributed by atoms with van der Waals surface area (Å²) in [4.78, 5) is 12.2. The normalized spacial score (nSPS) is 13.4. The van der Waals surface area contributed by atoms with Gasteiger partial charge in [0.15, 0.2) is 0 Å². The van der Waals surface area contributed by atoms with E-state index in [1.54, 1.807) is 0 Å². The molecule has 2 atom stereocenters. The van der Waals surface area contributed by atoms with Crippen LogP contribution in [-0.2, 0) is 4.79 Å². The summed E-state index contributed by atoms with van der Waals surface area (Å²) in [5.41, 5.74) is 0. The molecule has 0 saturated carbocycles. The van der Waals surface area contributed by atoms with Crippen LogP contribution in [0.25, 0.3) is 0 Å². The average molecular weight is 496 g/mol. The molecule has 4 heteroatoms. The Morgan fingerprint density at radius 3 is 1.60 bits per heavy atom. The summed E-state index contributed by atoms with van der Waals surface area (Å²) in [5, 5.41) is 22.8. The lowest BCUT2D eigenvalue weighted by molar-refractivity contribution is -0.123. The molecule has 0 aliphatic rings. The smallest absolute Gasteiger partial charge is 0.220 e. The van der Waals surface area contributed by atoms with Gasteiger partial charge in [-0.05, 0) is 38.5 Å². The average Bonchev–Trinajstić information content (AvgIpc) is 2.86. The molecular formula is C31H61NO3. The van der Waals surface area contributed by atoms with Crippen LogP contribution in [0.3, 0.4) is 0 Å². The molecule has 0 saturated heterocycles. The van der Waals surface area contributed by atoms with Crippen LogP contribution < -0.4 is 5.32 Å². The summed E-state index contributed by atoms with van der Waals surface area (Å²) in [6.07, 6.45) is 31.0. The lowest BCUT2D eigenvalue weighted by Crippen LogP contribution is -2.45. The second-order valence-electron chi connectivity index (χ2n) is 10.5. The number of aliphatic hydroxyl groups is 2. The number of carbonyl (C=O) groups excluding carboxylic acids is 1. The molecule has 0 bridgehead atoms. The van der Waals surface area contributed by atoms with Crippen LogP contribution in [0.2, 0.25) is 0 Å². The Hall–Kier alpha value is -0.870. The second kappa shape index (κ2) is 27.7. The van der Waals surface area contributed by atoms with E-state index < -0.39 is 12.1 Å². The van der Waals surface area contributed by atoms with Gasteiger partial charge >= 0.3 is 0 Å². The fourth-order valence-corrected chi connectivity index (χ4v) is 4.59. The number of nitrogens with one attached hydrogen (secondary N) is 1. The predicted molar refractivity (Wildman–Crippen MR) is 152 cm³/mol. The highest BCUT2D eigenvalue weighted by atomic mass is 16.3. The van der Waals surface area contributed by atoms with Gasteiger partial charge in [0.2, 0.25) is 5.91 Å². The highest BCUT2D eigenvalue weighted by Gasteiger charge is 2.19. The Morgan fingerprint density at radius 2 is 1.09 bits per heavy atom. The second-order valence-corrected chi connectivity index (χ2v) is 10.5. The molecule has 0 rings (SSSR count). The Morgan fingerprint density at radius 1 is 0.657 bits per heavy atom. The number of allylic oxidation sites excluding steroid dienone is 2. The highest BCUT2D eigenvalue weighted by Crippen LogP contribution is 2.13. The molecule has 35 heavy (non-hydrogen) atoms. The van der Waals surface area contributed by atoms with Gasteiger partial charge in [-0.15, -0.1) is 0 Å². The minimum Gasteiger partial charge on any atom is -0.394 e. The van der Waals surface area contributed by atoms with Crippen LogP contribution >= 0.6 is 0 Å². The van der Waals surface area contributed by atoms with Crippen molar-refractivity contribution < 1.29 is 15.0 Å². The minimum absolute atomic E-state index is 0.0443. The zero-order valence-corrected chi connectivity index (χ0v) is 23.6. The van der Waals surface area contributed by atoms with Gasteiger partial charge in [-0.2, -0.15) is 0 Å². The van der Waals surface area contributed by atoms with E-state index in [0.29, 0.717) is 12.8 Å². The van der Waals surface area contributed by atoms with E-state index in [0.717, 1.165) is 25.7 Å². The first kappa shape index (κ1) is 34.1. The maximum Gasteiger partial charge on any atom is 0.220 e. The van der Waals surface area contributed by atoms with E-state index in [2.05, 4.69) is 31.3 Å². The number of unbranched alkanes of at least 4 members (excludes halogenated alkanes) is 18. The third-order valence-electron chi connectivity index (χ3n) is 7.03. The van der Waals surface area contributed by atoms with E-state index in [1.807, 2.05) is 0 Å². The van der Waals surface area contributed by atoms with Crippen molar-refractivity contribution in [1.82, 2.24) is 5.32 Å². The molecule has 4 nitrogen and oxygen atoms in total. The van der Waals surface area contributed by atoms with Crippen molar-refractivity contribution >= 4 is 5.91 Å². The first-order valence-corrected chi connectivity index (χ1v) is 15.4. The molecule has 3 N–H and O–H groups in total. The predicted octanol–water partition coefficient (Wildman–Crippen LogP) is 8.39. The zero-order chi connectivity index (χ0) is 25.8. The van der Waals surface area contributed by atoms with Crippen molar-refractivity contribution in [3.63, 3.8) is 0 Å². The molecule has 0 heterocycles. The fraction of sp³-hybridized carbons (Fsp3) is 0.903. The van der Waals surface area contributed by atoms with Gasteiger partial charge in [0.25, 0.3) is 0 Å². The van der Waals surface area contributed by atoms with Gasteiger partial charge in [0.05, 0.1) is 18.8 Å². The molecule has 0 aliphatic heterocycles. The lowest BCUT2D eigenvalue weighted by atomic mass is 10.0. The Bertz CT molecular complexity index is 466. The third kappa shape index (κ3) is 24.6. The number of aliphatic hydroxyl groups excluding tert-OH is 2. The summed E-state index contributed by atoms with van der Waals surface area (Å²) < 4.78 is 0. The van der Waals surface area contributed by atoms with Crippen LogP contribution in [0.4, 0.5) is 0 Å². The van der Waals surface area contributed by atoms with Crippen molar-refractivity contribution in [3.8, 4) is 0 Å². The van der Waals surface area contributed by atoms with Crippen LogP contribution in [-0.4, -0.2) is 34.9 Å². The third-order valence-corrected chi connectivity index (χ3v) is 7.03. The van der Waals surface area contributed by atoms with Gasteiger partial charge in [-0.1, -0.05) is 129 Å². The van der Waals surface area contributed by atoms with Crippen molar-refractivity contribution in [2.24, 2.45) is 0 Å². The maximum absolute atomic E-state index is 12.2. The molecule has 0 aliphatic carbocycles. The Kier molecular flexibility index (Phi) is 27.0. The number of carbonyl (C=O) groups is 1. The first-order valence-electron chi connectivity index (χ1n) is 15.4. The van der Waals surface area contributed by atoms with Crippen molar-refractivity contribution in [1.29, 1.82) is 0 Å². The number of rotatable bonds is 27. The van der Waals surface area contributed by atoms with E-state index in [-0.39, 0.29) is 12.5 Å². The van der Waals surface area contributed by atoms with Gasteiger partial charge < -0.3 is 15.5 Å². The van der Waals surface area contributed by atoms with Gasteiger partial charge in [-0.3, -0.25) is 4.79 Å². The van der Waals surface area contributed by atoms with Gasteiger partial charge in [0, 0.05) is 6.42 Å². The van der Waals surface area contributed by atoms with Crippen LogP contribution in [0.15, 0.2) is 12.2 Å². The number of hydrogen-bond donors (Lipinski definition) is 3. The van der Waals surface area contributed by atoms with E-state index >= 15 is 0 Å². The molecular weight excluding hydrogens is 434 g/mol. The topological polar surface area (TPSA) is 69.6 Å². The van der Waals surface area contributed by atoms with Crippen molar-refractivity contribution in [2.75, 3.05) is 6.61 Å². The van der Waals surface area contributed by atoms with Gasteiger partial charge in [-0.25, -0.2) is 0 Å². The first-order chi connectivity index (χ1) is 17.2. The Labute approximate surface area is 218 Å². The summed E-state index contributed by atoms with van der Waals surface area (Å²) in [6.45, 7) is 4.30. The highest BCUT2D eigenvalue weighted by molar-refractivity contribution is 5.76. The standard InChI is InChI=1S/C31H61NO3/c1-3-5-7-9-11-13-15-16-17-19-21-23-25-27-31(35)32-29(28-33)30(34)26-24-22-20-18-14-12-10-8-6-4-2/h13,15,29-30,33-34H,3-12,14,16-28H2,1-2H3,(H,32,35)/b15-13-. The molecule has 0 aromatic carbocycles. The van der Waals surface area contributed by atoms with Crippen molar-refractivity contribution in [3.05, 3.63) is 12.2 Å². The molecule has 0 spiro atoms. The van der Waals surface area contributed by atoms with Crippen LogP contribution in [0, 0.1) is 0 Å². The molecule has 2 unspecified atom stereocenters. The van der Waals surface area contributed by atoms with Crippen LogP contribution in [0.1, 0.15) is 162 Å². The largest absolute Gasteiger partial charge is 0.394 e. The monoisotopic (exact) mass is 495 g/mol. The summed E-state index contributed by atoms with van der Waals surface area (Å²) >= 11 is 0. The van der Waals surface area contributed by atoms with E-state index in [1.165, 1.54) is 109 Å². The zero-order valence-electron chi connectivity index (χ0n) is 23.6. The summed E-state index contributed by atoms with van der Waals surface area (Å²) in [5.74, 6) is -0.0443. The molecule has 0 fully saturated rings. The van der Waals surface area contributed by atoms with Crippen LogP contribution in [0.5, 0.6) is 0 Å².